The standard InChI is InChI=1S/C14H19N3S/c1-2-18-12-7-6-11(10-12)16-14-5-3-4-13-15-8-9-17(13)14/h3-5,8-9,11-12,16H,2,6-7,10H2,1H3. The van der Waals surface area contributed by atoms with Crippen molar-refractivity contribution in [1.82, 2.24) is 9.38 Å². The highest BCUT2D eigenvalue weighted by atomic mass is 32.2. The number of thioether (sulfide) groups is 1. The van der Waals surface area contributed by atoms with Gasteiger partial charge in [0.2, 0.25) is 0 Å². The van der Waals surface area contributed by atoms with Crippen molar-refractivity contribution >= 4 is 23.2 Å². The zero-order chi connectivity index (χ0) is 12.4. The van der Waals surface area contributed by atoms with Gasteiger partial charge in [-0.05, 0) is 37.1 Å². The summed E-state index contributed by atoms with van der Waals surface area (Å²) in [6.45, 7) is 2.25. The van der Waals surface area contributed by atoms with Crippen LogP contribution in [0.25, 0.3) is 5.65 Å². The second kappa shape index (κ2) is 5.22. The molecular formula is C14H19N3S. The number of pyridine rings is 1. The summed E-state index contributed by atoms with van der Waals surface area (Å²) < 4.78 is 2.13. The van der Waals surface area contributed by atoms with Crippen LogP contribution in [0.15, 0.2) is 30.6 Å². The Hall–Kier alpha value is -1.16. The van der Waals surface area contributed by atoms with Crippen LogP contribution in [0, 0.1) is 0 Å². The third-order valence-electron chi connectivity index (χ3n) is 3.57. The Morgan fingerprint density at radius 2 is 2.39 bits per heavy atom. The molecule has 1 aliphatic carbocycles. The predicted octanol–water partition coefficient (Wildman–Crippen LogP) is 3.42. The van der Waals surface area contributed by atoms with E-state index in [1.807, 2.05) is 18.5 Å². The maximum atomic E-state index is 4.32. The van der Waals surface area contributed by atoms with Gasteiger partial charge in [-0.1, -0.05) is 13.0 Å². The zero-order valence-corrected chi connectivity index (χ0v) is 11.5. The minimum absolute atomic E-state index is 0.613. The second-order valence-electron chi connectivity index (χ2n) is 4.80. The van der Waals surface area contributed by atoms with E-state index in [2.05, 4.69) is 45.5 Å². The van der Waals surface area contributed by atoms with Gasteiger partial charge in [-0.15, -0.1) is 0 Å². The number of imidazole rings is 1. The molecule has 2 aromatic heterocycles. The summed E-state index contributed by atoms with van der Waals surface area (Å²) in [7, 11) is 0. The molecule has 0 bridgehead atoms. The van der Waals surface area contributed by atoms with Gasteiger partial charge in [0.05, 0.1) is 0 Å². The molecule has 2 aromatic rings. The van der Waals surface area contributed by atoms with Crippen molar-refractivity contribution in [1.29, 1.82) is 0 Å². The average Bonchev–Trinajstić information content (AvgIpc) is 2.99. The van der Waals surface area contributed by atoms with E-state index in [0.29, 0.717) is 6.04 Å². The van der Waals surface area contributed by atoms with Crippen molar-refractivity contribution < 1.29 is 0 Å². The van der Waals surface area contributed by atoms with Crippen molar-refractivity contribution in [2.45, 2.75) is 37.5 Å². The molecule has 2 atom stereocenters. The van der Waals surface area contributed by atoms with Crippen molar-refractivity contribution in [3.8, 4) is 0 Å². The number of rotatable bonds is 4. The third-order valence-corrected chi connectivity index (χ3v) is 4.80. The number of fused-ring (bicyclic) bond motifs is 1. The van der Waals surface area contributed by atoms with Gasteiger partial charge in [-0.3, -0.25) is 4.40 Å². The molecule has 1 saturated carbocycles. The fourth-order valence-corrected chi connectivity index (χ4v) is 3.88. The first-order chi connectivity index (χ1) is 8.86. The van der Waals surface area contributed by atoms with E-state index < -0.39 is 0 Å². The lowest BCUT2D eigenvalue weighted by Gasteiger charge is -2.15. The molecule has 1 N–H and O–H groups in total. The van der Waals surface area contributed by atoms with Crippen LogP contribution in [-0.4, -0.2) is 26.4 Å². The van der Waals surface area contributed by atoms with Gasteiger partial charge in [0.15, 0.2) is 0 Å². The number of nitrogens with one attached hydrogen (secondary N) is 1. The van der Waals surface area contributed by atoms with Gasteiger partial charge < -0.3 is 5.32 Å². The van der Waals surface area contributed by atoms with E-state index in [-0.39, 0.29) is 0 Å². The van der Waals surface area contributed by atoms with Gasteiger partial charge >= 0.3 is 0 Å². The lowest BCUT2D eigenvalue weighted by molar-refractivity contribution is 0.749. The van der Waals surface area contributed by atoms with Crippen LogP contribution in [-0.2, 0) is 0 Å². The normalized spacial score (nSPS) is 23.6. The van der Waals surface area contributed by atoms with Gasteiger partial charge in [0.1, 0.15) is 11.5 Å². The first-order valence-electron chi connectivity index (χ1n) is 6.67. The highest BCUT2D eigenvalue weighted by Gasteiger charge is 2.24. The third kappa shape index (κ3) is 2.34. The van der Waals surface area contributed by atoms with Crippen molar-refractivity contribution in [3.05, 3.63) is 30.6 Å². The molecule has 1 fully saturated rings. The first-order valence-corrected chi connectivity index (χ1v) is 7.72. The quantitative estimate of drug-likeness (QED) is 0.914. The average molecular weight is 261 g/mol. The van der Waals surface area contributed by atoms with Crippen molar-refractivity contribution in [2.24, 2.45) is 0 Å². The van der Waals surface area contributed by atoms with E-state index in [9.17, 15) is 0 Å². The summed E-state index contributed by atoms with van der Waals surface area (Å²) in [5.74, 6) is 2.39. The Bertz CT molecular complexity index is 522. The zero-order valence-electron chi connectivity index (χ0n) is 10.7. The topological polar surface area (TPSA) is 29.3 Å². The van der Waals surface area contributed by atoms with Crippen LogP contribution in [0.5, 0.6) is 0 Å². The molecule has 0 spiro atoms. The number of hydrogen-bond acceptors (Lipinski definition) is 3. The molecular weight excluding hydrogens is 242 g/mol. The van der Waals surface area contributed by atoms with E-state index in [4.69, 9.17) is 0 Å². The van der Waals surface area contributed by atoms with Gasteiger partial charge in [-0.25, -0.2) is 4.98 Å². The summed E-state index contributed by atoms with van der Waals surface area (Å²) in [4.78, 5) is 4.32. The Morgan fingerprint density at radius 1 is 1.44 bits per heavy atom. The number of anilines is 1. The largest absolute Gasteiger partial charge is 0.368 e. The number of hydrogen-bond donors (Lipinski definition) is 1. The van der Waals surface area contributed by atoms with Crippen LogP contribution in [0.3, 0.4) is 0 Å². The molecule has 4 heteroatoms. The molecule has 96 valence electrons. The maximum absolute atomic E-state index is 4.32. The Labute approximate surface area is 112 Å². The van der Waals surface area contributed by atoms with Crippen molar-refractivity contribution in [3.63, 3.8) is 0 Å². The van der Waals surface area contributed by atoms with Crippen LogP contribution < -0.4 is 5.32 Å². The molecule has 18 heavy (non-hydrogen) atoms. The Morgan fingerprint density at radius 3 is 3.28 bits per heavy atom. The van der Waals surface area contributed by atoms with Gasteiger partial charge in [-0.2, -0.15) is 11.8 Å². The fraction of sp³-hybridized carbons (Fsp3) is 0.500. The maximum Gasteiger partial charge on any atom is 0.138 e. The van der Waals surface area contributed by atoms with E-state index in [1.54, 1.807) is 0 Å². The van der Waals surface area contributed by atoms with Gasteiger partial charge in [0.25, 0.3) is 0 Å². The van der Waals surface area contributed by atoms with E-state index in [1.165, 1.54) is 25.0 Å². The highest BCUT2D eigenvalue weighted by molar-refractivity contribution is 7.99. The molecule has 0 saturated heterocycles. The van der Waals surface area contributed by atoms with Gasteiger partial charge in [0, 0.05) is 23.7 Å². The summed E-state index contributed by atoms with van der Waals surface area (Å²) in [5, 5.41) is 4.51. The SMILES string of the molecule is CCSC1CCC(Nc2cccc3nccn23)C1. The fourth-order valence-electron chi connectivity index (χ4n) is 2.73. The molecule has 2 heterocycles. The van der Waals surface area contributed by atoms with E-state index in [0.717, 1.165) is 16.7 Å². The van der Waals surface area contributed by atoms with Crippen molar-refractivity contribution in [2.75, 3.05) is 11.1 Å². The first kappa shape index (κ1) is 11.9. The van der Waals surface area contributed by atoms with Crippen LogP contribution in [0.2, 0.25) is 0 Å². The molecule has 0 radical (unpaired) electrons. The summed E-state index contributed by atoms with van der Waals surface area (Å²) in [5.41, 5.74) is 1.01. The molecule has 0 aliphatic heterocycles. The highest BCUT2D eigenvalue weighted by Crippen LogP contribution is 2.31. The number of aromatic nitrogens is 2. The Balaban J connectivity index is 1.71. The molecule has 0 amide bonds. The van der Waals surface area contributed by atoms with Crippen LogP contribution in [0.1, 0.15) is 26.2 Å². The molecule has 3 nitrogen and oxygen atoms in total. The van der Waals surface area contributed by atoms with Crippen LogP contribution in [0.4, 0.5) is 5.82 Å². The molecule has 0 aromatic carbocycles. The Kier molecular flexibility index (Phi) is 3.46. The lowest BCUT2D eigenvalue weighted by atomic mass is 10.2. The molecule has 3 rings (SSSR count). The predicted molar refractivity (Wildman–Crippen MR) is 78.4 cm³/mol. The minimum atomic E-state index is 0.613. The summed E-state index contributed by atoms with van der Waals surface area (Å²) >= 11 is 2.10. The van der Waals surface area contributed by atoms with E-state index >= 15 is 0 Å². The second-order valence-corrected chi connectivity index (χ2v) is 6.38. The monoisotopic (exact) mass is 261 g/mol. The smallest absolute Gasteiger partial charge is 0.138 e. The minimum Gasteiger partial charge on any atom is -0.368 e. The molecule has 2 unspecified atom stereocenters. The lowest BCUT2D eigenvalue weighted by Crippen LogP contribution is -2.17. The summed E-state index contributed by atoms with van der Waals surface area (Å²) in [6, 6.07) is 6.85. The molecule has 1 aliphatic rings. The van der Waals surface area contributed by atoms with Crippen LogP contribution >= 0.6 is 11.8 Å². The summed E-state index contributed by atoms with van der Waals surface area (Å²) in [6.07, 6.45) is 7.78. The number of nitrogens with zero attached hydrogens (tertiary/aromatic N) is 2.